The van der Waals surface area contributed by atoms with Gasteiger partial charge in [-0.1, -0.05) is 6.92 Å². The number of β-amino-alcohol motifs (C(OH)–C–C–N with tert-alkyl or cyclic N) is 1. The van der Waals surface area contributed by atoms with Crippen LogP contribution < -0.4 is 0 Å². The van der Waals surface area contributed by atoms with Crippen LogP contribution in [0, 0.1) is 29.1 Å². The second kappa shape index (κ2) is 7.25. The summed E-state index contributed by atoms with van der Waals surface area (Å²) < 4.78 is 5.93. The van der Waals surface area contributed by atoms with Gasteiger partial charge in [0, 0.05) is 19.7 Å². The number of piperidine rings is 1. The number of likely N-dealkylation sites (tertiary alicyclic amines) is 1. The fraction of sp³-hybridized carbons (Fsp3) is 1.00. The molecule has 5 aliphatic rings. The van der Waals surface area contributed by atoms with Crippen LogP contribution in [-0.4, -0.2) is 49.0 Å². The molecule has 0 unspecified atom stereocenters. The van der Waals surface area contributed by atoms with Crippen molar-refractivity contribution in [2.45, 2.75) is 70.8 Å². The van der Waals surface area contributed by atoms with Crippen LogP contribution in [0.1, 0.15) is 64.7 Å². The summed E-state index contributed by atoms with van der Waals surface area (Å²) in [6.07, 6.45) is 12.5. The minimum atomic E-state index is -0.313. The first kappa shape index (κ1) is 17.3. The molecule has 1 heterocycles. The van der Waals surface area contributed by atoms with E-state index in [0.29, 0.717) is 12.0 Å². The fourth-order valence-electron chi connectivity index (χ4n) is 6.91. The Balaban J connectivity index is 1.16. The van der Waals surface area contributed by atoms with Gasteiger partial charge >= 0.3 is 0 Å². The number of rotatable bonds is 7. The second-order valence-electron chi connectivity index (χ2n) is 9.90. The minimum Gasteiger partial charge on any atom is -0.389 e. The number of aliphatic hydroxyl groups is 1. The highest BCUT2D eigenvalue weighted by atomic mass is 16.5. The Bertz CT molecular complexity index is 389. The van der Waals surface area contributed by atoms with Crippen LogP contribution >= 0.6 is 0 Å². The van der Waals surface area contributed by atoms with E-state index in [1.165, 1.54) is 57.8 Å². The van der Waals surface area contributed by atoms with Gasteiger partial charge in [0.05, 0.1) is 12.7 Å². The smallest absolute Gasteiger partial charge is 0.0900 e. The van der Waals surface area contributed by atoms with Crippen LogP contribution in [0.3, 0.4) is 0 Å². The third kappa shape index (κ3) is 3.99. The minimum absolute atomic E-state index is 0.313. The van der Waals surface area contributed by atoms with E-state index in [1.54, 1.807) is 0 Å². The molecule has 4 saturated carbocycles. The zero-order valence-electron chi connectivity index (χ0n) is 15.6. The van der Waals surface area contributed by atoms with Gasteiger partial charge in [0.15, 0.2) is 0 Å². The van der Waals surface area contributed by atoms with Crippen molar-refractivity contribution in [2.24, 2.45) is 29.1 Å². The summed E-state index contributed by atoms with van der Waals surface area (Å²) in [5.41, 5.74) is 0.613. The first-order valence-electron chi connectivity index (χ1n) is 10.6. The second-order valence-corrected chi connectivity index (χ2v) is 9.90. The predicted molar refractivity (Wildman–Crippen MR) is 96.9 cm³/mol. The van der Waals surface area contributed by atoms with Gasteiger partial charge in [-0.05, 0) is 93.4 Å². The van der Waals surface area contributed by atoms with E-state index in [0.717, 1.165) is 49.9 Å². The average Bonchev–Trinajstić information content (AvgIpc) is 2.50. The van der Waals surface area contributed by atoms with Crippen LogP contribution in [-0.2, 0) is 4.74 Å². The Hall–Kier alpha value is -0.120. The Labute approximate surface area is 148 Å². The van der Waals surface area contributed by atoms with Crippen molar-refractivity contribution < 1.29 is 9.84 Å². The Morgan fingerprint density at radius 3 is 2.42 bits per heavy atom. The lowest BCUT2D eigenvalue weighted by Crippen LogP contribution is -2.46. The summed E-state index contributed by atoms with van der Waals surface area (Å²) in [6.45, 7) is 6.79. The molecule has 5 fully saturated rings. The van der Waals surface area contributed by atoms with Crippen LogP contribution in [0.25, 0.3) is 0 Å². The molecule has 1 aliphatic heterocycles. The molecule has 3 heteroatoms. The van der Waals surface area contributed by atoms with Crippen LogP contribution in [0.15, 0.2) is 0 Å². The van der Waals surface area contributed by atoms with E-state index in [9.17, 15) is 5.11 Å². The zero-order chi connectivity index (χ0) is 16.6. The predicted octanol–water partition coefficient (Wildman–Crippen LogP) is 3.70. The highest BCUT2D eigenvalue weighted by Gasteiger charge is 2.50. The van der Waals surface area contributed by atoms with Gasteiger partial charge in [-0.15, -0.1) is 0 Å². The molecule has 138 valence electrons. The van der Waals surface area contributed by atoms with Crippen molar-refractivity contribution in [3.8, 4) is 0 Å². The van der Waals surface area contributed by atoms with E-state index in [2.05, 4.69) is 11.8 Å². The van der Waals surface area contributed by atoms with E-state index in [4.69, 9.17) is 4.74 Å². The van der Waals surface area contributed by atoms with Crippen molar-refractivity contribution in [1.82, 2.24) is 4.90 Å². The van der Waals surface area contributed by atoms with Gasteiger partial charge in [-0.25, -0.2) is 0 Å². The molecule has 4 bridgehead atoms. The molecule has 0 aromatic rings. The molecule has 0 radical (unpaired) electrons. The van der Waals surface area contributed by atoms with Crippen molar-refractivity contribution in [2.75, 3.05) is 32.8 Å². The Morgan fingerprint density at radius 2 is 1.79 bits per heavy atom. The van der Waals surface area contributed by atoms with Gasteiger partial charge in [-0.3, -0.25) is 0 Å². The molecular formula is C21H37NO2. The summed E-state index contributed by atoms with van der Waals surface area (Å²) in [6, 6.07) is 0. The average molecular weight is 336 g/mol. The van der Waals surface area contributed by atoms with E-state index >= 15 is 0 Å². The standard InChI is InChI=1S/C21H37NO2/c1-16-3-2-5-22(13-16)14-20(23)15-24-6-4-21-10-17-7-18(11-21)9-19(8-17)12-21/h16-20,23H,2-15H2,1H3/t16-,17?,18?,19?,20-,21?/m1/s1. The fourth-order valence-corrected chi connectivity index (χ4v) is 6.91. The maximum absolute atomic E-state index is 10.3. The van der Waals surface area contributed by atoms with Crippen LogP contribution in [0.5, 0.6) is 0 Å². The first-order chi connectivity index (χ1) is 11.6. The highest BCUT2D eigenvalue weighted by molar-refractivity contribution is 5.01. The highest BCUT2D eigenvalue weighted by Crippen LogP contribution is 2.61. The molecule has 0 spiro atoms. The third-order valence-corrected chi connectivity index (χ3v) is 7.46. The zero-order valence-corrected chi connectivity index (χ0v) is 15.6. The monoisotopic (exact) mass is 335 g/mol. The molecule has 0 aromatic heterocycles. The van der Waals surface area contributed by atoms with Crippen molar-refractivity contribution in [3.63, 3.8) is 0 Å². The first-order valence-corrected chi connectivity index (χ1v) is 10.6. The number of aliphatic hydroxyl groups excluding tert-OH is 1. The third-order valence-electron chi connectivity index (χ3n) is 7.46. The maximum Gasteiger partial charge on any atom is 0.0900 e. The molecule has 1 saturated heterocycles. The lowest BCUT2D eigenvalue weighted by Gasteiger charge is -2.57. The maximum atomic E-state index is 10.3. The largest absolute Gasteiger partial charge is 0.389 e. The molecule has 5 rings (SSSR count). The normalized spacial score (nSPS) is 43.2. The van der Waals surface area contributed by atoms with Gasteiger partial charge in [-0.2, -0.15) is 0 Å². The van der Waals surface area contributed by atoms with Gasteiger partial charge in [0.25, 0.3) is 0 Å². The van der Waals surface area contributed by atoms with Gasteiger partial charge in [0.1, 0.15) is 0 Å². The SMILES string of the molecule is C[C@@H]1CCCN(C[C@@H](O)COCCC23CC4CC(CC(C4)C2)C3)C1. The van der Waals surface area contributed by atoms with E-state index < -0.39 is 0 Å². The summed E-state index contributed by atoms with van der Waals surface area (Å²) in [4.78, 5) is 2.42. The van der Waals surface area contributed by atoms with Crippen molar-refractivity contribution in [3.05, 3.63) is 0 Å². The van der Waals surface area contributed by atoms with Crippen LogP contribution in [0.2, 0.25) is 0 Å². The molecule has 4 aliphatic carbocycles. The topological polar surface area (TPSA) is 32.7 Å². The van der Waals surface area contributed by atoms with Crippen molar-refractivity contribution in [1.29, 1.82) is 0 Å². The number of hydrogen-bond acceptors (Lipinski definition) is 3. The van der Waals surface area contributed by atoms with Gasteiger partial charge < -0.3 is 14.7 Å². The quantitative estimate of drug-likeness (QED) is 0.720. The molecular weight excluding hydrogens is 298 g/mol. The lowest BCUT2D eigenvalue weighted by molar-refractivity contribution is -0.0743. The summed E-state index contributed by atoms with van der Waals surface area (Å²) in [5.74, 6) is 3.87. The molecule has 0 amide bonds. The molecule has 1 N–H and O–H groups in total. The van der Waals surface area contributed by atoms with E-state index in [-0.39, 0.29) is 6.10 Å². The molecule has 3 nitrogen and oxygen atoms in total. The van der Waals surface area contributed by atoms with E-state index in [1.807, 2.05) is 0 Å². The Morgan fingerprint density at radius 1 is 1.12 bits per heavy atom. The number of hydrogen-bond donors (Lipinski definition) is 1. The summed E-state index contributed by atoms with van der Waals surface area (Å²) in [5, 5.41) is 10.3. The number of nitrogens with zero attached hydrogens (tertiary/aromatic N) is 1. The number of ether oxygens (including phenoxy) is 1. The Kier molecular flexibility index (Phi) is 5.22. The molecule has 24 heavy (non-hydrogen) atoms. The summed E-state index contributed by atoms with van der Waals surface area (Å²) in [7, 11) is 0. The lowest BCUT2D eigenvalue weighted by atomic mass is 9.49. The van der Waals surface area contributed by atoms with Crippen LogP contribution in [0.4, 0.5) is 0 Å². The van der Waals surface area contributed by atoms with Gasteiger partial charge in [0.2, 0.25) is 0 Å². The summed E-state index contributed by atoms with van der Waals surface area (Å²) >= 11 is 0. The molecule has 2 atom stereocenters. The van der Waals surface area contributed by atoms with Crippen molar-refractivity contribution >= 4 is 0 Å². The molecule has 0 aromatic carbocycles.